The van der Waals surface area contributed by atoms with Gasteiger partial charge in [0.1, 0.15) is 5.78 Å². The van der Waals surface area contributed by atoms with Crippen LogP contribution in [0.25, 0.3) is 6.08 Å². The molecule has 2 rings (SSSR count). The van der Waals surface area contributed by atoms with E-state index in [1.165, 1.54) is 0 Å². The zero-order chi connectivity index (χ0) is 20.5. The van der Waals surface area contributed by atoms with Crippen molar-refractivity contribution in [2.24, 2.45) is 17.8 Å². The van der Waals surface area contributed by atoms with Crippen LogP contribution in [0.2, 0.25) is 0 Å². The average Bonchev–Trinajstić information content (AvgIpc) is 2.66. The molecule has 0 saturated heterocycles. The lowest BCUT2D eigenvalue weighted by Crippen LogP contribution is -2.28. The van der Waals surface area contributed by atoms with Crippen LogP contribution in [0.5, 0.6) is 0 Å². The Morgan fingerprint density at radius 1 is 0.821 bits per heavy atom. The predicted octanol–water partition coefficient (Wildman–Crippen LogP) is 6.33. The third kappa shape index (κ3) is 6.60. The molecule has 0 fully saturated rings. The lowest BCUT2D eigenvalue weighted by Gasteiger charge is -2.29. The van der Waals surface area contributed by atoms with Crippen molar-refractivity contribution in [2.45, 2.75) is 46.5 Å². The van der Waals surface area contributed by atoms with Crippen molar-refractivity contribution in [3.05, 3.63) is 77.9 Å². The lowest BCUT2D eigenvalue weighted by molar-refractivity contribution is -0.122. The summed E-state index contributed by atoms with van der Waals surface area (Å²) in [7, 11) is 0. The average molecular weight is 377 g/mol. The van der Waals surface area contributed by atoms with Crippen LogP contribution in [0.4, 0.5) is 0 Å². The molecule has 28 heavy (non-hydrogen) atoms. The van der Waals surface area contributed by atoms with Gasteiger partial charge < -0.3 is 0 Å². The molecule has 0 aliphatic carbocycles. The molecule has 0 aliphatic heterocycles. The predicted molar refractivity (Wildman–Crippen MR) is 117 cm³/mol. The molecule has 2 atom stereocenters. The van der Waals surface area contributed by atoms with Crippen LogP contribution in [0.1, 0.15) is 57.6 Å². The Morgan fingerprint density at radius 3 is 1.93 bits per heavy atom. The number of benzene rings is 2. The fourth-order valence-electron chi connectivity index (χ4n) is 3.78. The lowest BCUT2D eigenvalue weighted by atomic mass is 9.73. The van der Waals surface area contributed by atoms with Crippen LogP contribution in [-0.2, 0) is 9.59 Å². The zero-order valence-electron chi connectivity index (χ0n) is 17.5. The number of rotatable bonds is 10. The molecule has 0 amide bonds. The highest BCUT2D eigenvalue weighted by molar-refractivity contribution is 5.96. The first kappa shape index (κ1) is 21.8. The van der Waals surface area contributed by atoms with Gasteiger partial charge in [-0.3, -0.25) is 9.59 Å². The second kappa shape index (κ2) is 10.8. The van der Waals surface area contributed by atoms with Crippen LogP contribution in [-0.4, -0.2) is 11.6 Å². The topological polar surface area (TPSA) is 34.1 Å². The Morgan fingerprint density at radius 2 is 1.39 bits per heavy atom. The summed E-state index contributed by atoms with van der Waals surface area (Å²) >= 11 is 0. The van der Waals surface area contributed by atoms with E-state index < -0.39 is 0 Å². The van der Waals surface area contributed by atoms with Crippen molar-refractivity contribution in [2.75, 3.05) is 0 Å². The van der Waals surface area contributed by atoms with Gasteiger partial charge in [0.15, 0.2) is 5.78 Å². The smallest absolute Gasteiger partial charge is 0.159 e. The highest BCUT2D eigenvalue weighted by Gasteiger charge is 2.32. The van der Waals surface area contributed by atoms with Crippen LogP contribution < -0.4 is 0 Å². The molecule has 0 radical (unpaired) electrons. The summed E-state index contributed by atoms with van der Waals surface area (Å²) in [5, 5.41) is 0. The Kier molecular flexibility index (Phi) is 8.38. The van der Waals surface area contributed by atoms with E-state index in [0.29, 0.717) is 18.8 Å². The zero-order valence-corrected chi connectivity index (χ0v) is 17.5. The number of carbonyl (C=O) groups is 2. The van der Waals surface area contributed by atoms with Gasteiger partial charge in [0, 0.05) is 24.7 Å². The first-order valence-electron chi connectivity index (χ1n) is 10.2. The SMILES string of the molecule is CC(C)CC(=O)C[C@@H](c1ccccc1)[C@H](C(=O)/C=C/c1ccccc1)C(C)C. The van der Waals surface area contributed by atoms with Gasteiger partial charge in [-0.15, -0.1) is 0 Å². The van der Waals surface area contributed by atoms with Crippen molar-refractivity contribution in [3.8, 4) is 0 Å². The van der Waals surface area contributed by atoms with Gasteiger partial charge in [0.05, 0.1) is 0 Å². The summed E-state index contributed by atoms with van der Waals surface area (Å²) in [5.74, 6) is 0.471. The third-order valence-electron chi connectivity index (χ3n) is 5.03. The summed E-state index contributed by atoms with van der Waals surface area (Å²) in [6, 6.07) is 19.9. The largest absolute Gasteiger partial charge is 0.300 e. The molecule has 0 N–H and O–H groups in total. The van der Waals surface area contributed by atoms with E-state index in [-0.39, 0.29) is 29.3 Å². The molecule has 148 valence electrons. The molecule has 0 spiro atoms. The molecule has 2 aromatic carbocycles. The number of allylic oxidation sites excluding steroid dienone is 1. The van der Waals surface area contributed by atoms with Crippen LogP contribution in [0.15, 0.2) is 66.7 Å². The molecule has 0 saturated carbocycles. The highest BCUT2D eigenvalue weighted by atomic mass is 16.1. The van der Waals surface area contributed by atoms with Gasteiger partial charge in [-0.1, -0.05) is 94.4 Å². The van der Waals surface area contributed by atoms with E-state index >= 15 is 0 Å². The quantitative estimate of drug-likeness (QED) is 0.454. The maximum Gasteiger partial charge on any atom is 0.159 e. The second-order valence-corrected chi connectivity index (χ2v) is 8.27. The first-order valence-corrected chi connectivity index (χ1v) is 10.2. The van der Waals surface area contributed by atoms with Crippen molar-refractivity contribution in [1.29, 1.82) is 0 Å². The van der Waals surface area contributed by atoms with E-state index in [1.54, 1.807) is 6.08 Å². The normalized spacial score (nSPS) is 13.8. The molecule has 2 heteroatoms. The molecular formula is C26H32O2. The minimum atomic E-state index is -0.224. The van der Waals surface area contributed by atoms with E-state index in [1.807, 2.05) is 66.7 Å². The van der Waals surface area contributed by atoms with E-state index in [9.17, 15) is 9.59 Å². The number of carbonyl (C=O) groups excluding carboxylic acids is 2. The van der Waals surface area contributed by atoms with Crippen LogP contribution in [0, 0.1) is 17.8 Å². The number of hydrogen-bond donors (Lipinski definition) is 0. The summed E-state index contributed by atoms with van der Waals surface area (Å²) < 4.78 is 0. The van der Waals surface area contributed by atoms with Gasteiger partial charge in [-0.05, 0) is 29.0 Å². The third-order valence-corrected chi connectivity index (χ3v) is 5.03. The van der Waals surface area contributed by atoms with Crippen molar-refractivity contribution >= 4 is 17.6 Å². The summed E-state index contributed by atoms with van der Waals surface area (Å²) in [6.45, 7) is 8.26. The first-order chi connectivity index (χ1) is 13.4. The Balaban J connectivity index is 2.31. The highest BCUT2D eigenvalue weighted by Crippen LogP contribution is 2.35. The van der Waals surface area contributed by atoms with Crippen LogP contribution in [0.3, 0.4) is 0 Å². The number of Topliss-reactive ketones (excluding diaryl/α,β-unsaturated/α-hetero) is 1. The Labute approximate surface area is 169 Å². The maximum absolute atomic E-state index is 13.2. The standard InChI is InChI=1S/C26H32O2/c1-19(2)17-23(27)18-24(22-13-9-6-10-14-22)26(20(3)4)25(28)16-15-21-11-7-5-8-12-21/h5-16,19-20,24,26H,17-18H2,1-4H3/b16-15+/t24-,26+/m0/s1. The van der Waals surface area contributed by atoms with Crippen molar-refractivity contribution in [1.82, 2.24) is 0 Å². The molecule has 2 nitrogen and oxygen atoms in total. The van der Waals surface area contributed by atoms with E-state index in [2.05, 4.69) is 27.7 Å². The molecule has 2 aromatic rings. The summed E-state index contributed by atoms with van der Waals surface area (Å²) in [5.41, 5.74) is 2.07. The molecule has 0 bridgehead atoms. The monoisotopic (exact) mass is 376 g/mol. The number of ketones is 2. The van der Waals surface area contributed by atoms with Crippen molar-refractivity contribution in [3.63, 3.8) is 0 Å². The van der Waals surface area contributed by atoms with Crippen LogP contribution >= 0.6 is 0 Å². The van der Waals surface area contributed by atoms with Gasteiger partial charge in [-0.25, -0.2) is 0 Å². The molecule has 0 unspecified atom stereocenters. The molecular weight excluding hydrogens is 344 g/mol. The molecule has 0 aromatic heterocycles. The second-order valence-electron chi connectivity index (χ2n) is 8.27. The summed E-state index contributed by atoms with van der Waals surface area (Å²) in [4.78, 5) is 25.8. The molecule has 0 heterocycles. The summed E-state index contributed by atoms with van der Waals surface area (Å²) in [6.07, 6.45) is 4.52. The van der Waals surface area contributed by atoms with E-state index in [0.717, 1.165) is 11.1 Å². The minimum absolute atomic E-state index is 0.0880. The van der Waals surface area contributed by atoms with Gasteiger partial charge in [-0.2, -0.15) is 0 Å². The fourth-order valence-corrected chi connectivity index (χ4v) is 3.78. The fraction of sp³-hybridized carbons (Fsp3) is 0.385. The van der Waals surface area contributed by atoms with Gasteiger partial charge in [0.2, 0.25) is 0 Å². The Hall–Kier alpha value is -2.48. The van der Waals surface area contributed by atoms with E-state index in [4.69, 9.17) is 0 Å². The van der Waals surface area contributed by atoms with Crippen molar-refractivity contribution < 1.29 is 9.59 Å². The maximum atomic E-state index is 13.2. The van der Waals surface area contributed by atoms with Gasteiger partial charge in [0.25, 0.3) is 0 Å². The van der Waals surface area contributed by atoms with Gasteiger partial charge >= 0.3 is 0 Å². The number of hydrogen-bond acceptors (Lipinski definition) is 2. The molecule has 0 aliphatic rings. The Bertz CT molecular complexity index is 773. The minimum Gasteiger partial charge on any atom is -0.300 e.